The Labute approximate surface area is 204 Å². The smallest absolute Gasteiger partial charge is 0.293 e. The zero-order valence-corrected chi connectivity index (χ0v) is 20.3. The van der Waals surface area contributed by atoms with Gasteiger partial charge in [0, 0.05) is 17.1 Å². The summed E-state index contributed by atoms with van der Waals surface area (Å²) in [5.41, 5.74) is 1.67. The van der Waals surface area contributed by atoms with E-state index in [2.05, 4.69) is 0 Å². The van der Waals surface area contributed by atoms with Crippen molar-refractivity contribution < 1.29 is 19.1 Å². The Balaban J connectivity index is 1.48. The lowest BCUT2D eigenvalue weighted by atomic mass is 9.89. The first kappa shape index (κ1) is 23.7. The Kier molecular flexibility index (Phi) is 7.99. The van der Waals surface area contributed by atoms with Gasteiger partial charge in [-0.15, -0.1) is 0 Å². The predicted octanol–water partition coefficient (Wildman–Crippen LogP) is 6.93. The number of rotatable bonds is 8. The molecule has 5 nitrogen and oxygen atoms in total. The second-order valence-electron chi connectivity index (χ2n) is 8.32. The highest BCUT2D eigenvalue weighted by atomic mass is 35.5. The molecule has 0 atom stereocenters. The molecule has 1 saturated carbocycles. The first-order chi connectivity index (χ1) is 16.0. The van der Waals surface area contributed by atoms with Crippen LogP contribution in [-0.4, -0.2) is 29.2 Å². The third kappa shape index (κ3) is 5.92. The minimum absolute atomic E-state index is 0.179. The molecule has 1 saturated heterocycles. The van der Waals surface area contributed by atoms with E-state index in [-0.39, 0.29) is 11.1 Å². The highest BCUT2D eigenvalue weighted by Crippen LogP contribution is 2.36. The number of ether oxygens (including phenoxy) is 2. The molecule has 2 fully saturated rings. The lowest BCUT2D eigenvalue weighted by molar-refractivity contribution is -0.123. The molecule has 0 N–H and O–H groups in total. The number of carbonyl (C=O) groups is 2. The van der Waals surface area contributed by atoms with Gasteiger partial charge in [0.05, 0.1) is 11.5 Å². The molecule has 1 aliphatic carbocycles. The van der Waals surface area contributed by atoms with Gasteiger partial charge in [0.1, 0.15) is 6.61 Å². The number of hydrogen-bond acceptors (Lipinski definition) is 5. The van der Waals surface area contributed by atoms with Crippen molar-refractivity contribution in [2.75, 3.05) is 13.2 Å². The molecule has 0 unspecified atom stereocenters. The van der Waals surface area contributed by atoms with Gasteiger partial charge in [0.2, 0.25) is 0 Å². The van der Waals surface area contributed by atoms with Crippen LogP contribution in [0.3, 0.4) is 0 Å². The summed E-state index contributed by atoms with van der Waals surface area (Å²) in [4.78, 5) is 27.3. The maximum Gasteiger partial charge on any atom is 0.293 e. The largest absolute Gasteiger partial charge is 0.490 e. The number of benzene rings is 2. The number of hydrogen-bond donors (Lipinski definition) is 0. The first-order valence-corrected chi connectivity index (χ1v) is 12.6. The molecule has 0 spiro atoms. The summed E-state index contributed by atoms with van der Waals surface area (Å²) < 4.78 is 11.7. The lowest BCUT2D eigenvalue weighted by Crippen LogP contribution is -2.34. The van der Waals surface area contributed by atoms with Crippen LogP contribution in [0.15, 0.2) is 47.4 Å². The van der Waals surface area contributed by atoms with Crippen LogP contribution in [0.2, 0.25) is 5.02 Å². The summed E-state index contributed by atoms with van der Waals surface area (Å²) in [6.45, 7) is 3.23. The maximum absolute atomic E-state index is 12.9. The van der Waals surface area contributed by atoms with Gasteiger partial charge in [-0.05, 0) is 67.3 Å². The fraction of sp³-hybridized carbons (Fsp3) is 0.385. The van der Waals surface area contributed by atoms with Crippen molar-refractivity contribution in [3.63, 3.8) is 0 Å². The van der Waals surface area contributed by atoms with Crippen LogP contribution in [0.5, 0.6) is 11.5 Å². The molecule has 0 radical (unpaired) electrons. The summed E-state index contributed by atoms with van der Waals surface area (Å²) in [6.07, 6.45) is 7.55. The van der Waals surface area contributed by atoms with Crippen LogP contribution in [0.1, 0.15) is 50.2 Å². The minimum atomic E-state index is -0.201. The monoisotopic (exact) mass is 485 g/mol. The van der Waals surface area contributed by atoms with Gasteiger partial charge in [0.25, 0.3) is 11.1 Å². The summed E-state index contributed by atoms with van der Waals surface area (Å²) in [7, 11) is 0. The van der Waals surface area contributed by atoms with Gasteiger partial charge in [-0.2, -0.15) is 0 Å². The molecule has 2 aromatic rings. The van der Waals surface area contributed by atoms with Crippen molar-refractivity contribution in [3.8, 4) is 11.5 Å². The first-order valence-electron chi connectivity index (χ1n) is 11.4. The van der Waals surface area contributed by atoms with Crippen molar-refractivity contribution >= 4 is 40.6 Å². The lowest BCUT2D eigenvalue weighted by Gasteiger charge is -2.25. The van der Waals surface area contributed by atoms with Crippen LogP contribution >= 0.6 is 23.4 Å². The highest BCUT2D eigenvalue weighted by Gasteiger charge is 2.36. The van der Waals surface area contributed by atoms with E-state index in [1.54, 1.807) is 6.08 Å². The van der Waals surface area contributed by atoms with Gasteiger partial charge in [-0.3, -0.25) is 14.5 Å². The second kappa shape index (κ2) is 11.1. The van der Waals surface area contributed by atoms with Gasteiger partial charge in [-0.25, -0.2) is 0 Å². The molecule has 33 heavy (non-hydrogen) atoms. The fourth-order valence-electron chi connectivity index (χ4n) is 4.21. The average molecular weight is 486 g/mol. The standard InChI is InChI=1S/C26H28ClNO4S/c1-2-31-23-14-19(12-13-22(23)32-17-20-10-6-7-11-21(20)27)15-24-25(29)28(26(30)33-24)16-18-8-4-3-5-9-18/h6-7,10-15,18H,2-5,8-9,16-17H2,1H3/b24-15+. The number of imide groups is 1. The van der Waals surface area contributed by atoms with Gasteiger partial charge >= 0.3 is 0 Å². The van der Waals surface area contributed by atoms with E-state index in [1.165, 1.54) is 24.2 Å². The molecule has 1 aliphatic heterocycles. The second-order valence-corrected chi connectivity index (χ2v) is 9.72. The molecule has 2 aromatic carbocycles. The third-order valence-electron chi connectivity index (χ3n) is 5.95. The molecule has 4 rings (SSSR count). The molecule has 174 valence electrons. The average Bonchev–Trinajstić information content (AvgIpc) is 3.08. The third-order valence-corrected chi connectivity index (χ3v) is 7.22. The van der Waals surface area contributed by atoms with Gasteiger partial charge in [0.15, 0.2) is 11.5 Å². The molecular weight excluding hydrogens is 458 g/mol. The van der Waals surface area contributed by atoms with Crippen LogP contribution in [-0.2, 0) is 11.4 Å². The van der Waals surface area contributed by atoms with E-state index in [9.17, 15) is 9.59 Å². The van der Waals surface area contributed by atoms with Crippen molar-refractivity contribution in [2.24, 2.45) is 5.92 Å². The van der Waals surface area contributed by atoms with E-state index >= 15 is 0 Å². The molecule has 1 heterocycles. The Bertz CT molecular complexity index is 1050. The number of thioether (sulfide) groups is 1. The molecule has 0 aromatic heterocycles. The summed E-state index contributed by atoms with van der Waals surface area (Å²) in [5, 5.41) is 0.470. The van der Waals surface area contributed by atoms with Crippen LogP contribution in [0.4, 0.5) is 4.79 Å². The highest BCUT2D eigenvalue weighted by molar-refractivity contribution is 8.18. The van der Waals surface area contributed by atoms with E-state index < -0.39 is 0 Å². The van der Waals surface area contributed by atoms with Crippen molar-refractivity contribution in [1.82, 2.24) is 4.90 Å². The fourth-order valence-corrected chi connectivity index (χ4v) is 5.25. The van der Waals surface area contributed by atoms with E-state index in [0.29, 0.717) is 47.1 Å². The van der Waals surface area contributed by atoms with E-state index in [4.69, 9.17) is 21.1 Å². The Morgan fingerprint density at radius 3 is 2.61 bits per heavy atom. The zero-order valence-electron chi connectivity index (χ0n) is 18.7. The molecule has 7 heteroatoms. The molecule has 2 aliphatic rings. The van der Waals surface area contributed by atoms with Crippen molar-refractivity contribution in [1.29, 1.82) is 0 Å². The summed E-state index contributed by atoms with van der Waals surface area (Å²) >= 11 is 7.24. The maximum atomic E-state index is 12.9. The number of carbonyl (C=O) groups excluding carboxylic acids is 2. The van der Waals surface area contributed by atoms with Gasteiger partial charge < -0.3 is 9.47 Å². The minimum Gasteiger partial charge on any atom is -0.490 e. The topological polar surface area (TPSA) is 55.8 Å². The molecule has 2 amide bonds. The number of halogens is 1. The van der Waals surface area contributed by atoms with Crippen LogP contribution < -0.4 is 9.47 Å². The Morgan fingerprint density at radius 1 is 1.06 bits per heavy atom. The van der Waals surface area contributed by atoms with Gasteiger partial charge in [-0.1, -0.05) is 55.1 Å². The summed E-state index contributed by atoms with van der Waals surface area (Å²) in [6, 6.07) is 13.1. The number of nitrogens with zero attached hydrogens (tertiary/aromatic N) is 1. The van der Waals surface area contributed by atoms with E-state index in [0.717, 1.165) is 35.7 Å². The van der Waals surface area contributed by atoms with Crippen molar-refractivity contribution in [3.05, 3.63) is 63.5 Å². The Hall–Kier alpha value is -2.44. The Morgan fingerprint density at radius 2 is 1.85 bits per heavy atom. The van der Waals surface area contributed by atoms with Crippen LogP contribution in [0.25, 0.3) is 6.08 Å². The summed E-state index contributed by atoms with van der Waals surface area (Å²) in [5.74, 6) is 1.40. The van der Waals surface area contributed by atoms with E-state index in [1.807, 2.05) is 49.4 Å². The normalized spacial score (nSPS) is 18.2. The SMILES string of the molecule is CCOc1cc(/C=C2/SC(=O)N(CC3CCCCC3)C2=O)ccc1OCc1ccccc1Cl. The van der Waals surface area contributed by atoms with Crippen molar-refractivity contribution in [2.45, 2.75) is 45.6 Å². The molecular formula is C26H28ClNO4S. The van der Waals surface area contributed by atoms with Crippen LogP contribution in [0, 0.1) is 5.92 Å². The predicted molar refractivity (Wildman–Crippen MR) is 133 cm³/mol. The number of amides is 2. The molecule has 0 bridgehead atoms. The zero-order chi connectivity index (χ0) is 23.2. The quantitative estimate of drug-likeness (QED) is 0.379.